The summed E-state index contributed by atoms with van der Waals surface area (Å²) in [6.07, 6.45) is 1.44. The zero-order valence-corrected chi connectivity index (χ0v) is 15.8. The third kappa shape index (κ3) is 4.34. The Morgan fingerprint density at radius 1 is 1.19 bits per heavy atom. The molecule has 0 N–H and O–H groups in total. The first-order chi connectivity index (χ1) is 13.0. The van der Waals surface area contributed by atoms with Gasteiger partial charge in [-0.15, -0.1) is 0 Å². The molecular formula is C21H23N3O3. The zero-order valence-electron chi connectivity index (χ0n) is 15.8. The largest absolute Gasteiger partial charge is 0.492 e. The summed E-state index contributed by atoms with van der Waals surface area (Å²) in [7, 11) is 1.70. The maximum Gasteiger partial charge on any atom is 0.261 e. The fraction of sp³-hybridized carbons (Fsp3) is 0.286. The maximum atomic E-state index is 12.6. The Balaban J connectivity index is 1.62. The number of fused-ring (bicyclic) bond motifs is 1. The van der Waals surface area contributed by atoms with Crippen molar-refractivity contribution in [2.75, 3.05) is 20.2 Å². The minimum atomic E-state index is -0.207. The van der Waals surface area contributed by atoms with Gasteiger partial charge in [-0.25, -0.2) is 4.98 Å². The third-order valence-corrected chi connectivity index (χ3v) is 4.47. The van der Waals surface area contributed by atoms with Crippen molar-refractivity contribution in [3.63, 3.8) is 0 Å². The number of likely N-dealkylation sites (N-methyl/N-ethyl adjacent to an activating group) is 1. The van der Waals surface area contributed by atoms with Gasteiger partial charge >= 0.3 is 0 Å². The molecule has 3 rings (SSSR count). The maximum absolute atomic E-state index is 12.6. The van der Waals surface area contributed by atoms with Crippen LogP contribution in [0.25, 0.3) is 10.9 Å². The number of aromatic nitrogens is 2. The number of amides is 1. The number of hydrogen-bond donors (Lipinski definition) is 0. The van der Waals surface area contributed by atoms with Crippen LogP contribution in [-0.4, -0.2) is 40.6 Å². The van der Waals surface area contributed by atoms with Gasteiger partial charge in [0.05, 0.1) is 23.8 Å². The first kappa shape index (κ1) is 18.6. The van der Waals surface area contributed by atoms with Crippen molar-refractivity contribution in [1.82, 2.24) is 14.5 Å². The normalized spacial score (nSPS) is 10.8. The highest BCUT2D eigenvalue weighted by atomic mass is 16.5. The molecule has 0 saturated carbocycles. The number of nitrogens with zero attached hydrogens (tertiary/aromatic N) is 3. The lowest BCUT2D eigenvalue weighted by atomic mass is 10.1. The van der Waals surface area contributed by atoms with Gasteiger partial charge in [0, 0.05) is 7.05 Å². The number of hydrogen-bond acceptors (Lipinski definition) is 4. The van der Waals surface area contributed by atoms with Crippen LogP contribution in [0, 0.1) is 13.8 Å². The Labute approximate surface area is 158 Å². The van der Waals surface area contributed by atoms with E-state index in [-0.39, 0.29) is 18.0 Å². The minimum Gasteiger partial charge on any atom is -0.492 e. The lowest BCUT2D eigenvalue weighted by Crippen LogP contribution is -2.36. The first-order valence-corrected chi connectivity index (χ1v) is 8.84. The fourth-order valence-corrected chi connectivity index (χ4v) is 2.85. The van der Waals surface area contributed by atoms with Crippen molar-refractivity contribution in [3.05, 3.63) is 70.3 Å². The monoisotopic (exact) mass is 365 g/mol. The van der Waals surface area contributed by atoms with E-state index in [0.29, 0.717) is 24.1 Å². The van der Waals surface area contributed by atoms with Gasteiger partial charge in [-0.3, -0.25) is 14.2 Å². The van der Waals surface area contributed by atoms with E-state index in [1.54, 1.807) is 18.0 Å². The molecule has 0 aliphatic heterocycles. The van der Waals surface area contributed by atoms with Gasteiger partial charge in [-0.2, -0.15) is 0 Å². The molecule has 140 valence electrons. The van der Waals surface area contributed by atoms with Crippen LogP contribution in [0.1, 0.15) is 11.1 Å². The first-order valence-electron chi connectivity index (χ1n) is 8.84. The van der Waals surface area contributed by atoms with E-state index in [1.807, 2.05) is 50.2 Å². The number of para-hydroxylation sites is 1. The predicted octanol–water partition coefficient (Wildman–Crippen LogP) is 2.55. The van der Waals surface area contributed by atoms with Crippen molar-refractivity contribution in [1.29, 1.82) is 0 Å². The summed E-state index contributed by atoms with van der Waals surface area (Å²) in [6.45, 7) is 4.68. The van der Waals surface area contributed by atoms with Crippen molar-refractivity contribution in [2.45, 2.75) is 20.4 Å². The van der Waals surface area contributed by atoms with Gasteiger partial charge in [0.25, 0.3) is 5.56 Å². The second-order valence-electron chi connectivity index (χ2n) is 6.63. The summed E-state index contributed by atoms with van der Waals surface area (Å²) >= 11 is 0. The highest BCUT2D eigenvalue weighted by Crippen LogP contribution is 2.12. The molecule has 6 nitrogen and oxygen atoms in total. The van der Waals surface area contributed by atoms with E-state index in [0.717, 1.165) is 16.9 Å². The minimum absolute atomic E-state index is 0.0450. The van der Waals surface area contributed by atoms with E-state index in [2.05, 4.69) is 4.98 Å². The summed E-state index contributed by atoms with van der Waals surface area (Å²) in [6, 6.07) is 13.2. The van der Waals surface area contributed by atoms with E-state index in [9.17, 15) is 9.59 Å². The molecule has 0 fully saturated rings. The molecule has 0 unspecified atom stereocenters. The van der Waals surface area contributed by atoms with Crippen LogP contribution in [0.4, 0.5) is 0 Å². The second-order valence-corrected chi connectivity index (χ2v) is 6.63. The van der Waals surface area contributed by atoms with E-state index in [1.165, 1.54) is 10.9 Å². The number of rotatable bonds is 6. The number of carbonyl (C=O) groups excluding carboxylic acids is 1. The number of ether oxygens (including phenoxy) is 1. The molecule has 0 bridgehead atoms. The Hall–Kier alpha value is -3.15. The average molecular weight is 365 g/mol. The standard InChI is InChI=1S/C21H23N3O3/c1-15-6-4-8-17(12-15)27-11-10-23(3)19(25)13-24-14-22-20-16(2)7-5-9-18(20)21(24)26/h4-9,12,14H,10-11,13H2,1-3H3. The van der Waals surface area contributed by atoms with E-state index < -0.39 is 0 Å². The summed E-state index contributed by atoms with van der Waals surface area (Å²) in [5.74, 6) is 0.611. The zero-order chi connectivity index (χ0) is 19.4. The predicted molar refractivity (Wildman–Crippen MR) is 105 cm³/mol. The summed E-state index contributed by atoms with van der Waals surface area (Å²) in [5.41, 5.74) is 2.52. The van der Waals surface area contributed by atoms with Gasteiger partial charge in [0.1, 0.15) is 18.9 Å². The van der Waals surface area contributed by atoms with E-state index >= 15 is 0 Å². The Bertz CT molecular complexity index is 1030. The third-order valence-electron chi connectivity index (χ3n) is 4.47. The van der Waals surface area contributed by atoms with Crippen LogP contribution in [0.2, 0.25) is 0 Å². The Kier molecular flexibility index (Phi) is 5.54. The van der Waals surface area contributed by atoms with E-state index in [4.69, 9.17) is 4.74 Å². The lowest BCUT2D eigenvalue weighted by Gasteiger charge is -2.18. The molecule has 27 heavy (non-hydrogen) atoms. The molecule has 0 saturated heterocycles. The molecule has 0 atom stereocenters. The highest BCUT2D eigenvalue weighted by molar-refractivity contribution is 5.81. The fourth-order valence-electron chi connectivity index (χ4n) is 2.85. The number of carbonyl (C=O) groups is 1. The molecule has 6 heteroatoms. The molecule has 1 heterocycles. The average Bonchev–Trinajstić information content (AvgIpc) is 2.64. The van der Waals surface area contributed by atoms with Crippen molar-refractivity contribution in [3.8, 4) is 5.75 Å². The van der Waals surface area contributed by atoms with Crippen molar-refractivity contribution in [2.24, 2.45) is 0 Å². The van der Waals surface area contributed by atoms with Crippen LogP contribution in [-0.2, 0) is 11.3 Å². The SMILES string of the molecule is Cc1cccc(OCCN(C)C(=O)Cn2cnc3c(C)cccc3c2=O)c1. The van der Waals surface area contributed by atoms with Gasteiger partial charge in [-0.1, -0.05) is 24.3 Å². The molecule has 3 aromatic rings. The molecule has 0 spiro atoms. The topological polar surface area (TPSA) is 64.4 Å². The second kappa shape index (κ2) is 8.03. The molecule has 2 aromatic carbocycles. The molecule has 0 aliphatic carbocycles. The van der Waals surface area contributed by atoms with Gasteiger partial charge in [0.2, 0.25) is 5.91 Å². The number of benzene rings is 2. The van der Waals surface area contributed by atoms with Crippen LogP contribution >= 0.6 is 0 Å². The van der Waals surface area contributed by atoms with Crippen LogP contribution < -0.4 is 10.3 Å². The summed E-state index contributed by atoms with van der Waals surface area (Å²) < 4.78 is 7.03. The Morgan fingerprint density at radius 3 is 2.74 bits per heavy atom. The summed E-state index contributed by atoms with van der Waals surface area (Å²) in [5, 5.41) is 0.524. The molecule has 0 radical (unpaired) electrons. The lowest BCUT2D eigenvalue weighted by molar-refractivity contribution is -0.130. The van der Waals surface area contributed by atoms with Crippen LogP contribution in [0.15, 0.2) is 53.6 Å². The molecule has 0 aliphatic rings. The summed E-state index contributed by atoms with van der Waals surface area (Å²) in [4.78, 5) is 30.9. The van der Waals surface area contributed by atoms with Crippen molar-refractivity contribution >= 4 is 16.8 Å². The van der Waals surface area contributed by atoms with Crippen LogP contribution in [0.5, 0.6) is 5.75 Å². The van der Waals surface area contributed by atoms with Crippen LogP contribution in [0.3, 0.4) is 0 Å². The molecule has 1 aromatic heterocycles. The highest BCUT2D eigenvalue weighted by Gasteiger charge is 2.13. The molecular weight excluding hydrogens is 342 g/mol. The Morgan fingerprint density at radius 2 is 1.96 bits per heavy atom. The van der Waals surface area contributed by atoms with Gasteiger partial charge < -0.3 is 9.64 Å². The number of aryl methyl sites for hydroxylation is 2. The smallest absolute Gasteiger partial charge is 0.261 e. The quantitative estimate of drug-likeness (QED) is 0.673. The van der Waals surface area contributed by atoms with Crippen molar-refractivity contribution < 1.29 is 9.53 Å². The van der Waals surface area contributed by atoms with Gasteiger partial charge in [-0.05, 0) is 43.2 Å². The van der Waals surface area contributed by atoms with Gasteiger partial charge in [0.15, 0.2) is 0 Å². The molecule has 1 amide bonds.